The molecule has 0 radical (unpaired) electrons. The maximum atomic E-state index is 3.78. The van der Waals surface area contributed by atoms with Crippen molar-refractivity contribution in [2.75, 3.05) is 13.1 Å². The third-order valence-electron chi connectivity index (χ3n) is 5.37. The SMILES string of the molecule is CCNC1C(CN(Cc2cccs2)C2CC2)CCC1(C)C. The van der Waals surface area contributed by atoms with Crippen LogP contribution in [0.15, 0.2) is 17.5 Å². The van der Waals surface area contributed by atoms with Gasteiger partial charge in [-0.25, -0.2) is 0 Å². The molecule has 2 fully saturated rings. The Balaban J connectivity index is 1.65. The molecule has 2 unspecified atom stereocenters. The van der Waals surface area contributed by atoms with Crippen molar-refractivity contribution >= 4 is 11.3 Å². The quantitative estimate of drug-likeness (QED) is 0.815. The van der Waals surface area contributed by atoms with Gasteiger partial charge in [0.05, 0.1) is 0 Å². The van der Waals surface area contributed by atoms with E-state index in [1.165, 1.54) is 37.1 Å². The average Bonchev–Trinajstić information content (AvgIpc) is 3.10. The van der Waals surface area contributed by atoms with Gasteiger partial charge in [-0.05, 0) is 55.0 Å². The van der Waals surface area contributed by atoms with Crippen LogP contribution < -0.4 is 5.32 Å². The molecule has 1 aromatic heterocycles. The molecule has 1 aromatic rings. The van der Waals surface area contributed by atoms with Crippen LogP contribution in [0, 0.1) is 11.3 Å². The lowest BCUT2D eigenvalue weighted by Crippen LogP contribution is -2.45. The highest BCUT2D eigenvalue weighted by Gasteiger charge is 2.43. The zero-order valence-corrected chi connectivity index (χ0v) is 14.6. The minimum atomic E-state index is 0.457. The second-order valence-electron chi connectivity index (χ2n) is 7.56. The highest BCUT2D eigenvalue weighted by molar-refractivity contribution is 7.09. The van der Waals surface area contributed by atoms with Gasteiger partial charge < -0.3 is 5.32 Å². The van der Waals surface area contributed by atoms with E-state index < -0.39 is 0 Å². The third-order valence-corrected chi connectivity index (χ3v) is 6.23. The monoisotopic (exact) mass is 306 g/mol. The van der Waals surface area contributed by atoms with Crippen molar-refractivity contribution in [3.8, 4) is 0 Å². The van der Waals surface area contributed by atoms with E-state index in [-0.39, 0.29) is 0 Å². The van der Waals surface area contributed by atoms with Crippen LogP contribution in [-0.2, 0) is 6.54 Å². The topological polar surface area (TPSA) is 15.3 Å². The van der Waals surface area contributed by atoms with E-state index in [1.807, 2.05) is 11.3 Å². The molecule has 3 rings (SSSR count). The average molecular weight is 307 g/mol. The largest absolute Gasteiger partial charge is 0.313 e. The standard InChI is InChI=1S/C18H30N2S/c1-4-19-17-14(9-10-18(17,2)3)12-20(15-7-8-15)13-16-6-5-11-21-16/h5-6,11,14-15,17,19H,4,7-10,12-13H2,1-3H3. The molecule has 2 saturated carbocycles. The highest BCUT2D eigenvalue weighted by atomic mass is 32.1. The normalized spacial score (nSPS) is 28.4. The fraction of sp³-hybridized carbons (Fsp3) is 0.778. The molecule has 2 aliphatic carbocycles. The molecule has 21 heavy (non-hydrogen) atoms. The number of rotatable bonds is 7. The fourth-order valence-corrected chi connectivity index (χ4v) is 4.79. The fourth-order valence-electron chi connectivity index (χ4n) is 4.06. The Kier molecular flexibility index (Phi) is 4.72. The molecule has 0 aliphatic heterocycles. The van der Waals surface area contributed by atoms with Gasteiger partial charge in [-0.3, -0.25) is 4.90 Å². The van der Waals surface area contributed by atoms with Crippen LogP contribution in [-0.4, -0.2) is 30.1 Å². The molecule has 1 N–H and O–H groups in total. The van der Waals surface area contributed by atoms with Crippen molar-refractivity contribution in [2.24, 2.45) is 11.3 Å². The van der Waals surface area contributed by atoms with Crippen LogP contribution in [0.5, 0.6) is 0 Å². The first-order valence-electron chi connectivity index (χ1n) is 8.60. The number of nitrogens with zero attached hydrogens (tertiary/aromatic N) is 1. The Morgan fingerprint density at radius 2 is 2.14 bits per heavy atom. The molecule has 2 atom stereocenters. The lowest BCUT2D eigenvalue weighted by molar-refractivity contribution is 0.174. The van der Waals surface area contributed by atoms with Crippen molar-refractivity contribution in [1.82, 2.24) is 10.2 Å². The van der Waals surface area contributed by atoms with Crippen molar-refractivity contribution < 1.29 is 0 Å². The predicted octanol–water partition coefficient (Wildman–Crippen LogP) is 4.13. The molecule has 0 spiro atoms. The summed E-state index contributed by atoms with van der Waals surface area (Å²) in [6, 6.07) is 6.02. The summed E-state index contributed by atoms with van der Waals surface area (Å²) in [7, 11) is 0. The van der Waals surface area contributed by atoms with Gasteiger partial charge in [0.2, 0.25) is 0 Å². The summed E-state index contributed by atoms with van der Waals surface area (Å²) in [4.78, 5) is 4.29. The van der Waals surface area contributed by atoms with Crippen molar-refractivity contribution in [3.63, 3.8) is 0 Å². The van der Waals surface area contributed by atoms with Crippen molar-refractivity contribution in [1.29, 1.82) is 0 Å². The summed E-state index contributed by atoms with van der Waals surface area (Å²) in [5.41, 5.74) is 0.457. The lowest BCUT2D eigenvalue weighted by atomic mass is 9.84. The van der Waals surface area contributed by atoms with E-state index >= 15 is 0 Å². The molecule has 0 aromatic carbocycles. The van der Waals surface area contributed by atoms with Crippen molar-refractivity contribution in [2.45, 2.75) is 65.1 Å². The second-order valence-corrected chi connectivity index (χ2v) is 8.59. The van der Waals surface area contributed by atoms with E-state index in [0.29, 0.717) is 11.5 Å². The Morgan fingerprint density at radius 1 is 1.33 bits per heavy atom. The van der Waals surface area contributed by atoms with Gasteiger partial charge >= 0.3 is 0 Å². The van der Waals surface area contributed by atoms with Crippen molar-refractivity contribution in [3.05, 3.63) is 22.4 Å². The van der Waals surface area contributed by atoms with Crippen LogP contribution in [0.4, 0.5) is 0 Å². The summed E-state index contributed by atoms with van der Waals surface area (Å²) >= 11 is 1.91. The maximum Gasteiger partial charge on any atom is 0.0330 e. The molecular formula is C18H30N2S. The van der Waals surface area contributed by atoms with E-state index in [4.69, 9.17) is 0 Å². The highest BCUT2D eigenvalue weighted by Crippen LogP contribution is 2.43. The molecule has 0 amide bonds. The summed E-state index contributed by atoms with van der Waals surface area (Å²) in [6.45, 7) is 10.7. The summed E-state index contributed by atoms with van der Waals surface area (Å²) in [5.74, 6) is 0.820. The summed E-state index contributed by atoms with van der Waals surface area (Å²) in [6.07, 6.45) is 5.58. The Hall–Kier alpha value is -0.380. The van der Waals surface area contributed by atoms with Gasteiger partial charge in [0.25, 0.3) is 0 Å². The minimum Gasteiger partial charge on any atom is -0.313 e. The number of nitrogens with one attached hydrogen (secondary N) is 1. The third kappa shape index (κ3) is 3.69. The summed E-state index contributed by atoms with van der Waals surface area (Å²) in [5, 5.41) is 5.99. The van der Waals surface area contributed by atoms with Gasteiger partial charge in [-0.2, -0.15) is 0 Å². The Morgan fingerprint density at radius 3 is 2.76 bits per heavy atom. The molecule has 2 nitrogen and oxygen atoms in total. The smallest absolute Gasteiger partial charge is 0.0330 e. The number of thiophene rings is 1. The first-order valence-corrected chi connectivity index (χ1v) is 9.48. The number of hydrogen-bond acceptors (Lipinski definition) is 3. The van der Waals surface area contributed by atoms with E-state index in [9.17, 15) is 0 Å². The molecule has 3 heteroatoms. The van der Waals surface area contributed by atoms with Gasteiger partial charge in [0.1, 0.15) is 0 Å². The minimum absolute atomic E-state index is 0.457. The van der Waals surface area contributed by atoms with Crippen LogP contribution in [0.1, 0.15) is 51.3 Å². The molecule has 2 aliphatic rings. The first kappa shape index (κ1) is 15.5. The predicted molar refractivity (Wildman–Crippen MR) is 91.7 cm³/mol. The van der Waals surface area contributed by atoms with Crippen LogP contribution in [0.3, 0.4) is 0 Å². The second kappa shape index (κ2) is 6.39. The van der Waals surface area contributed by atoms with Gasteiger partial charge in [-0.15, -0.1) is 11.3 Å². The van der Waals surface area contributed by atoms with Crippen LogP contribution in [0.25, 0.3) is 0 Å². The zero-order chi connectivity index (χ0) is 14.9. The summed E-state index contributed by atoms with van der Waals surface area (Å²) < 4.78 is 0. The van der Waals surface area contributed by atoms with E-state index in [0.717, 1.165) is 25.0 Å². The lowest BCUT2D eigenvalue weighted by Gasteiger charge is -2.34. The first-order chi connectivity index (χ1) is 10.1. The van der Waals surface area contributed by atoms with Gasteiger partial charge in [0.15, 0.2) is 0 Å². The molecule has 0 bridgehead atoms. The molecule has 0 saturated heterocycles. The van der Waals surface area contributed by atoms with Gasteiger partial charge in [0, 0.05) is 30.1 Å². The molecular weight excluding hydrogens is 276 g/mol. The Labute approximate surface area is 133 Å². The maximum absolute atomic E-state index is 3.78. The van der Waals surface area contributed by atoms with Gasteiger partial charge in [-0.1, -0.05) is 26.8 Å². The van der Waals surface area contributed by atoms with E-state index in [2.05, 4.69) is 48.5 Å². The number of hydrogen-bond donors (Lipinski definition) is 1. The zero-order valence-electron chi connectivity index (χ0n) is 13.8. The van der Waals surface area contributed by atoms with Crippen LogP contribution >= 0.6 is 11.3 Å². The Bertz CT molecular complexity index is 436. The molecule has 118 valence electrons. The van der Waals surface area contributed by atoms with E-state index in [1.54, 1.807) is 0 Å². The van der Waals surface area contributed by atoms with Crippen LogP contribution in [0.2, 0.25) is 0 Å². The molecule has 1 heterocycles.